The lowest BCUT2D eigenvalue weighted by atomic mass is 10.2. The smallest absolute Gasteiger partial charge is 0.407 e. The molecule has 4 N–H and O–H groups in total. The Morgan fingerprint density at radius 3 is 1.16 bits per heavy atom. The van der Waals surface area contributed by atoms with Crippen molar-refractivity contribution in [3.8, 4) is 0 Å². The summed E-state index contributed by atoms with van der Waals surface area (Å²) in [6, 6.07) is -0.235. The normalized spacial score (nSPS) is 10.7. The van der Waals surface area contributed by atoms with Crippen LogP contribution in [-0.2, 0) is 29.1 Å². The number of nitrogens with zero attached hydrogens (tertiary/aromatic N) is 3. The number of urea groups is 1. The van der Waals surface area contributed by atoms with Crippen LogP contribution < -0.4 is 38.3 Å². The van der Waals surface area contributed by atoms with Crippen LogP contribution in [-0.4, -0.2) is 71.8 Å². The van der Waals surface area contributed by atoms with Gasteiger partial charge in [-0.3, -0.25) is 0 Å². The molecule has 0 aromatic carbocycles. The van der Waals surface area contributed by atoms with Crippen molar-refractivity contribution in [2.24, 2.45) is 0 Å². The molecular formula is C29H53N7O8. The predicted octanol–water partition coefficient (Wildman–Crippen LogP) is 2.27. The Labute approximate surface area is 259 Å². The second-order valence-electron chi connectivity index (χ2n) is 10.3. The quantitative estimate of drug-likeness (QED) is 0.133. The lowest BCUT2D eigenvalue weighted by Gasteiger charge is -2.14. The van der Waals surface area contributed by atoms with Gasteiger partial charge < -0.3 is 30.7 Å². The number of alkyl carbamates (subject to hydrolysis) is 2. The molecule has 0 radical (unpaired) electrons. The summed E-state index contributed by atoms with van der Waals surface area (Å²) in [5, 5.41) is 10.6. The number of aromatic nitrogens is 3. The van der Waals surface area contributed by atoms with E-state index in [1.807, 2.05) is 0 Å². The van der Waals surface area contributed by atoms with E-state index in [4.69, 9.17) is 9.47 Å². The summed E-state index contributed by atoms with van der Waals surface area (Å²) < 4.78 is 13.1. The molecule has 1 rings (SSSR count). The minimum absolute atomic E-state index is 0.202. The minimum atomic E-state index is -0.593. The molecule has 0 aliphatic heterocycles. The van der Waals surface area contributed by atoms with Gasteiger partial charge in [0.25, 0.3) is 0 Å². The molecule has 0 saturated heterocycles. The van der Waals surface area contributed by atoms with Crippen LogP contribution in [0.4, 0.5) is 14.4 Å². The van der Waals surface area contributed by atoms with Crippen molar-refractivity contribution < 1.29 is 23.9 Å². The number of hydrogen-bond acceptors (Lipinski definition) is 8. The van der Waals surface area contributed by atoms with Crippen molar-refractivity contribution >= 4 is 18.2 Å². The molecule has 1 aromatic rings. The van der Waals surface area contributed by atoms with E-state index >= 15 is 0 Å². The summed E-state index contributed by atoms with van der Waals surface area (Å²) in [7, 11) is 1.55. The first-order valence-electron chi connectivity index (χ1n) is 16.0. The van der Waals surface area contributed by atoms with E-state index in [0.29, 0.717) is 52.1 Å². The maximum absolute atomic E-state index is 13.2. The van der Waals surface area contributed by atoms with Gasteiger partial charge in [-0.05, 0) is 52.4 Å². The molecule has 0 atom stereocenters. The Bertz CT molecular complexity index is 1090. The zero-order chi connectivity index (χ0) is 32.6. The predicted molar refractivity (Wildman–Crippen MR) is 167 cm³/mol. The zero-order valence-corrected chi connectivity index (χ0v) is 26.7. The number of ether oxygens (including phenoxy) is 2. The summed E-state index contributed by atoms with van der Waals surface area (Å²) in [4.78, 5) is 73.7. The number of amides is 4. The van der Waals surface area contributed by atoms with Crippen LogP contribution in [0.25, 0.3) is 0 Å². The molecule has 15 heteroatoms. The Morgan fingerprint density at radius 2 is 0.841 bits per heavy atom. The van der Waals surface area contributed by atoms with Crippen molar-refractivity contribution in [3.05, 3.63) is 31.5 Å². The van der Waals surface area contributed by atoms with Gasteiger partial charge in [-0.25, -0.2) is 42.5 Å². The molecule has 1 aromatic heterocycles. The Hall–Kier alpha value is -3.78. The highest BCUT2D eigenvalue weighted by atomic mass is 16.6. The van der Waals surface area contributed by atoms with Crippen molar-refractivity contribution in [2.75, 3.05) is 39.9 Å². The molecule has 252 valence electrons. The Kier molecular flexibility index (Phi) is 20.6. The topological polar surface area (TPSA) is 184 Å². The lowest BCUT2D eigenvalue weighted by molar-refractivity contribution is 0.151. The van der Waals surface area contributed by atoms with Crippen LogP contribution in [0.2, 0.25) is 0 Å². The van der Waals surface area contributed by atoms with Gasteiger partial charge in [-0.1, -0.05) is 38.5 Å². The van der Waals surface area contributed by atoms with Crippen LogP contribution in [0.15, 0.2) is 14.4 Å². The van der Waals surface area contributed by atoms with Crippen LogP contribution >= 0.6 is 0 Å². The fraction of sp³-hybridized carbons (Fsp3) is 0.793. The zero-order valence-electron chi connectivity index (χ0n) is 26.7. The van der Waals surface area contributed by atoms with E-state index in [1.54, 1.807) is 20.9 Å². The summed E-state index contributed by atoms with van der Waals surface area (Å²) in [6.45, 7) is 6.22. The van der Waals surface area contributed by atoms with Gasteiger partial charge in [-0.2, -0.15) is 0 Å². The van der Waals surface area contributed by atoms with Crippen LogP contribution in [0.1, 0.15) is 90.9 Å². The molecule has 0 aliphatic carbocycles. The first-order chi connectivity index (χ1) is 21.3. The number of hydrogen-bond donors (Lipinski definition) is 4. The van der Waals surface area contributed by atoms with Gasteiger partial charge in [0.15, 0.2) is 0 Å². The molecular weight excluding hydrogens is 574 g/mol. The fourth-order valence-electron chi connectivity index (χ4n) is 4.54. The van der Waals surface area contributed by atoms with Gasteiger partial charge in [0, 0.05) is 46.3 Å². The molecule has 44 heavy (non-hydrogen) atoms. The number of rotatable bonds is 23. The monoisotopic (exact) mass is 627 g/mol. The van der Waals surface area contributed by atoms with Gasteiger partial charge in [0.05, 0.1) is 13.2 Å². The van der Waals surface area contributed by atoms with E-state index in [1.165, 1.54) is 0 Å². The van der Waals surface area contributed by atoms with Crippen molar-refractivity contribution in [3.63, 3.8) is 0 Å². The number of carbonyl (C=O) groups is 3. The van der Waals surface area contributed by atoms with Crippen LogP contribution in [0, 0.1) is 0 Å². The summed E-state index contributed by atoms with van der Waals surface area (Å²) >= 11 is 0. The molecule has 1 heterocycles. The minimum Gasteiger partial charge on any atom is -0.450 e. The average Bonchev–Trinajstić information content (AvgIpc) is 3.00. The van der Waals surface area contributed by atoms with Crippen LogP contribution in [0.3, 0.4) is 0 Å². The average molecular weight is 628 g/mol. The first kappa shape index (κ1) is 38.2. The van der Waals surface area contributed by atoms with Crippen molar-refractivity contribution in [2.45, 2.75) is 111 Å². The lowest BCUT2D eigenvalue weighted by Crippen LogP contribution is -2.54. The highest BCUT2D eigenvalue weighted by Gasteiger charge is 2.15. The molecule has 0 aliphatic rings. The highest BCUT2D eigenvalue weighted by Crippen LogP contribution is 2.03. The third-order valence-electron chi connectivity index (χ3n) is 6.91. The second-order valence-corrected chi connectivity index (χ2v) is 10.3. The molecule has 0 unspecified atom stereocenters. The van der Waals surface area contributed by atoms with Gasteiger partial charge in [-0.15, -0.1) is 0 Å². The summed E-state index contributed by atoms with van der Waals surface area (Å²) in [5.41, 5.74) is -1.78. The van der Waals surface area contributed by atoms with Gasteiger partial charge in [0.1, 0.15) is 0 Å². The molecule has 0 fully saturated rings. The van der Waals surface area contributed by atoms with Gasteiger partial charge >= 0.3 is 35.3 Å². The van der Waals surface area contributed by atoms with Crippen molar-refractivity contribution in [1.29, 1.82) is 0 Å². The number of nitrogens with one attached hydrogen (secondary N) is 4. The SMILES string of the molecule is CCOC(=O)NCCCCCCn1c(=O)n(CCCCCCNC(=O)NC)c(=O)n(CCCCCCNC(=O)OCC)c1=O. The maximum atomic E-state index is 13.2. The summed E-state index contributed by atoms with van der Waals surface area (Å²) in [5.74, 6) is 0. The highest BCUT2D eigenvalue weighted by molar-refractivity contribution is 5.73. The third-order valence-corrected chi connectivity index (χ3v) is 6.91. The number of carbonyl (C=O) groups excluding carboxylic acids is 3. The largest absolute Gasteiger partial charge is 0.450 e. The standard InChI is InChI=1S/C29H53N7O8/c1-4-43-25(38)32-19-13-7-10-16-22-35-27(40)34(21-15-9-6-12-18-31-24(37)30-3)28(41)36(29(35)42)23-17-11-8-14-20-33-26(39)44-5-2/h4-23H2,1-3H3,(H,32,38)(H,33,39)(H2,30,31,37). The maximum Gasteiger partial charge on any atom is 0.407 e. The summed E-state index contributed by atoms with van der Waals surface area (Å²) in [6.07, 6.45) is 7.80. The molecule has 0 saturated carbocycles. The molecule has 4 amide bonds. The fourth-order valence-corrected chi connectivity index (χ4v) is 4.54. The Balaban J connectivity index is 2.76. The first-order valence-corrected chi connectivity index (χ1v) is 16.0. The molecule has 0 spiro atoms. The second kappa shape index (κ2) is 23.6. The van der Waals surface area contributed by atoms with E-state index in [-0.39, 0.29) is 25.7 Å². The molecule has 15 nitrogen and oxygen atoms in total. The molecule has 0 bridgehead atoms. The van der Waals surface area contributed by atoms with Gasteiger partial charge in [0.2, 0.25) is 0 Å². The third kappa shape index (κ3) is 15.6. The van der Waals surface area contributed by atoms with Crippen LogP contribution in [0.5, 0.6) is 0 Å². The number of unbranched alkanes of at least 4 members (excludes halogenated alkanes) is 9. The Morgan fingerprint density at radius 1 is 0.523 bits per heavy atom. The van der Waals surface area contributed by atoms with E-state index in [0.717, 1.165) is 71.5 Å². The van der Waals surface area contributed by atoms with Crippen molar-refractivity contribution in [1.82, 2.24) is 35.0 Å². The van der Waals surface area contributed by atoms with E-state index in [2.05, 4.69) is 21.3 Å². The van der Waals surface area contributed by atoms with E-state index in [9.17, 15) is 28.8 Å². The van der Waals surface area contributed by atoms with E-state index < -0.39 is 29.3 Å².